The highest BCUT2D eigenvalue weighted by Crippen LogP contribution is 2.30. The van der Waals surface area contributed by atoms with Crippen LogP contribution in [0.4, 0.5) is 0 Å². The number of carbonyl (C=O) groups is 1. The normalized spacial score (nSPS) is 14.8. The largest absolute Gasteiger partial charge is 0.492 e. The Hall–Kier alpha value is -2.82. The monoisotopic (exact) mass is 377 g/mol. The van der Waals surface area contributed by atoms with Gasteiger partial charge in [0, 0.05) is 5.92 Å². The van der Waals surface area contributed by atoms with Gasteiger partial charge in [0.2, 0.25) is 5.91 Å². The van der Waals surface area contributed by atoms with Crippen LogP contribution in [0.1, 0.15) is 42.8 Å². The van der Waals surface area contributed by atoms with E-state index in [1.165, 1.54) is 11.1 Å². The number of ether oxygens (including phenoxy) is 1. The number of para-hydroxylation sites is 2. The highest BCUT2D eigenvalue weighted by Gasteiger charge is 2.31. The lowest BCUT2D eigenvalue weighted by atomic mass is 10.1. The molecule has 1 saturated carbocycles. The number of nitrogens with one attached hydrogen (secondary N) is 1. The van der Waals surface area contributed by atoms with Crippen molar-refractivity contribution in [2.24, 2.45) is 5.92 Å². The first kappa shape index (κ1) is 18.5. The lowest BCUT2D eigenvalue weighted by Gasteiger charge is -2.17. The van der Waals surface area contributed by atoms with Crippen molar-refractivity contribution >= 4 is 16.9 Å². The standard InChI is InChI=1S/C23H27N3O2/c1-15-12-16(2)14-19(13-15)28-11-10-26-21-7-5-4-6-20(21)25-22(26)17(3)24-23(27)18-8-9-18/h4-7,12-14,17-18H,8-11H2,1-3H3,(H,24,27). The number of carbonyl (C=O) groups excluding carboxylic acids is 1. The molecule has 0 bridgehead atoms. The zero-order chi connectivity index (χ0) is 19.7. The highest BCUT2D eigenvalue weighted by molar-refractivity contribution is 5.81. The van der Waals surface area contributed by atoms with Crippen molar-refractivity contribution in [3.63, 3.8) is 0 Å². The first-order chi connectivity index (χ1) is 13.5. The van der Waals surface area contributed by atoms with E-state index in [2.05, 4.69) is 48.0 Å². The van der Waals surface area contributed by atoms with Crippen LogP contribution < -0.4 is 10.1 Å². The van der Waals surface area contributed by atoms with Gasteiger partial charge >= 0.3 is 0 Å². The Morgan fingerprint density at radius 1 is 1.21 bits per heavy atom. The molecule has 0 radical (unpaired) electrons. The van der Waals surface area contributed by atoms with E-state index in [1.54, 1.807) is 0 Å². The Bertz CT molecular complexity index is 984. The van der Waals surface area contributed by atoms with Crippen molar-refractivity contribution in [3.05, 3.63) is 59.4 Å². The SMILES string of the molecule is Cc1cc(C)cc(OCCn2c(C(C)NC(=O)C3CC3)nc3ccccc32)c1. The molecule has 5 heteroatoms. The summed E-state index contributed by atoms with van der Waals surface area (Å²) in [5.41, 5.74) is 4.39. The number of aryl methyl sites for hydroxylation is 2. The summed E-state index contributed by atoms with van der Waals surface area (Å²) in [5.74, 6) is 2.09. The van der Waals surface area contributed by atoms with E-state index in [0.717, 1.165) is 35.4 Å². The van der Waals surface area contributed by atoms with Gasteiger partial charge in [-0.05, 0) is 69.0 Å². The van der Waals surface area contributed by atoms with Crippen molar-refractivity contribution < 1.29 is 9.53 Å². The fourth-order valence-corrected chi connectivity index (χ4v) is 3.67. The molecule has 1 aromatic heterocycles. The van der Waals surface area contributed by atoms with Crippen LogP contribution in [0.15, 0.2) is 42.5 Å². The molecule has 0 saturated heterocycles. The highest BCUT2D eigenvalue weighted by atomic mass is 16.5. The van der Waals surface area contributed by atoms with Gasteiger partial charge in [-0.2, -0.15) is 0 Å². The second-order valence-electron chi connectivity index (χ2n) is 7.79. The first-order valence-corrected chi connectivity index (χ1v) is 9.98. The minimum Gasteiger partial charge on any atom is -0.492 e. The Kier molecular flexibility index (Phi) is 5.07. The fourth-order valence-electron chi connectivity index (χ4n) is 3.67. The minimum atomic E-state index is -0.137. The summed E-state index contributed by atoms with van der Waals surface area (Å²) in [6.07, 6.45) is 2.00. The van der Waals surface area contributed by atoms with Crippen LogP contribution in [0.25, 0.3) is 11.0 Å². The number of imidazole rings is 1. The minimum absolute atomic E-state index is 0.137. The van der Waals surface area contributed by atoms with Crippen LogP contribution in [0.3, 0.4) is 0 Å². The molecule has 146 valence electrons. The van der Waals surface area contributed by atoms with Crippen LogP contribution in [-0.4, -0.2) is 22.1 Å². The van der Waals surface area contributed by atoms with Crippen LogP contribution in [0.5, 0.6) is 5.75 Å². The van der Waals surface area contributed by atoms with Crippen molar-refractivity contribution in [3.8, 4) is 5.75 Å². The smallest absolute Gasteiger partial charge is 0.223 e. The Balaban J connectivity index is 1.53. The third-order valence-electron chi connectivity index (χ3n) is 5.16. The summed E-state index contributed by atoms with van der Waals surface area (Å²) in [6, 6.07) is 14.2. The van der Waals surface area contributed by atoms with Gasteiger partial charge in [-0.3, -0.25) is 4.79 Å². The predicted molar refractivity (Wildman–Crippen MR) is 110 cm³/mol. The predicted octanol–water partition coefficient (Wildman–Crippen LogP) is 4.32. The maximum Gasteiger partial charge on any atom is 0.223 e. The molecule has 1 atom stereocenters. The summed E-state index contributed by atoms with van der Waals surface area (Å²) in [7, 11) is 0. The van der Waals surface area contributed by atoms with Crippen molar-refractivity contribution in [1.29, 1.82) is 0 Å². The molecule has 1 amide bonds. The van der Waals surface area contributed by atoms with Crippen molar-refractivity contribution in [2.75, 3.05) is 6.61 Å². The van der Waals surface area contributed by atoms with E-state index in [1.807, 2.05) is 25.1 Å². The molecule has 5 nitrogen and oxygen atoms in total. The van der Waals surface area contributed by atoms with Gasteiger partial charge in [0.25, 0.3) is 0 Å². The van der Waals surface area contributed by atoms with E-state index in [9.17, 15) is 4.79 Å². The summed E-state index contributed by atoms with van der Waals surface area (Å²) >= 11 is 0. The Morgan fingerprint density at radius 3 is 2.64 bits per heavy atom. The van der Waals surface area contributed by atoms with Crippen LogP contribution in [0, 0.1) is 19.8 Å². The van der Waals surface area contributed by atoms with E-state index in [4.69, 9.17) is 9.72 Å². The zero-order valence-corrected chi connectivity index (χ0v) is 16.7. The molecule has 1 N–H and O–H groups in total. The van der Waals surface area contributed by atoms with Gasteiger partial charge in [0.15, 0.2) is 0 Å². The molecule has 0 spiro atoms. The van der Waals surface area contributed by atoms with E-state index in [-0.39, 0.29) is 17.9 Å². The molecule has 4 rings (SSSR count). The van der Waals surface area contributed by atoms with Crippen LogP contribution in [0.2, 0.25) is 0 Å². The number of benzene rings is 2. The lowest BCUT2D eigenvalue weighted by molar-refractivity contribution is -0.123. The average Bonchev–Trinajstić information content (AvgIpc) is 3.43. The lowest BCUT2D eigenvalue weighted by Crippen LogP contribution is -2.30. The number of hydrogen-bond donors (Lipinski definition) is 1. The fraction of sp³-hybridized carbons (Fsp3) is 0.391. The van der Waals surface area contributed by atoms with Gasteiger partial charge < -0.3 is 14.6 Å². The van der Waals surface area contributed by atoms with Crippen molar-refractivity contribution in [2.45, 2.75) is 46.2 Å². The summed E-state index contributed by atoms with van der Waals surface area (Å²) in [6.45, 7) is 7.37. The molecule has 2 aromatic carbocycles. The molecule has 3 aromatic rings. The number of rotatable bonds is 7. The summed E-state index contributed by atoms with van der Waals surface area (Å²) < 4.78 is 8.18. The van der Waals surface area contributed by atoms with E-state index < -0.39 is 0 Å². The maximum atomic E-state index is 12.2. The molecule has 28 heavy (non-hydrogen) atoms. The average molecular weight is 377 g/mol. The topological polar surface area (TPSA) is 56.1 Å². The molecule has 1 heterocycles. The number of hydrogen-bond acceptors (Lipinski definition) is 3. The van der Waals surface area contributed by atoms with Gasteiger partial charge in [0.1, 0.15) is 18.2 Å². The third-order valence-corrected chi connectivity index (χ3v) is 5.16. The summed E-state index contributed by atoms with van der Waals surface area (Å²) in [5, 5.41) is 3.12. The number of fused-ring (bicyclic) bond motifs is 1. The second kappa shape index (κ2) is 7.66. The quantitative estimate of drug-likeness (QED) is 0.667. The number of amides is 1. The Labute approximate surface area is 165 Å². The van der Waals surface area contributed by atoms with Crippen molar-refractivity contribution in [1.82, 2.24) is 14.9 Å². The van der Waals surface area contributed by atoms with Crippen LogP contribution >= 0.6 is 0 Å². The van der Waals surface area contributed by atoms with E-state index >= 15 is 0 Å². The van der Waals surface area contributed by atoms with Gasteiger partial charge in [-0.15, -0.1) is 0 Å². The number of aromatic nitrogens is 2. The zero-order valence-electron chi connectivity index (χ0n) is 16.7. The van der Waals surface area contributed by atoms with Crippen LogP contribution in [-0.2, 0) is 11.3 Å². The molecular weight excluding hydrogens is 350 g/mol. The van der Waals surface area contributed by atoms with Gasteiger partial charge in [-0.1, -0.05) is 18.2 Å². The molecule has 1 aliphatic rings. The maximum absolute atomic E-state index is 12.2. The molecular formula is C23H27N3O2. The van der Waals surface area contributed by atoms with Gasteiger partial charge in [-0.25, -0.2) is 4.98 Å². The Morgan fingerprint density at radius 2 is 1.93 bits per heavy atom. The molecule has 1 fully saturated rings. The molecule has 1 aliphatic carbocycles. The van der Waals surface area contributed by atoms with Gasteiger partial charge in [0.05, 0.1) is 23.6 Å². The summed E-state index contributed by atoms with van der Waals surface area (Å²) in [4.78, 5) is 17.0. The first-order valence-electron chi connectivity index (χ1n) is 9.98. The number of nitrogens with zero attached hydrogens (tertiary/aromatic N) is 2. The second-order valence-corrected chi connectivity index (χ2v) is 7.79. The van der Waals surface area contributed by atoms with E-state index in [0.29, 0.717) is 13.2 Å². The molecule has 0 aliphatic heterocycles. The molecule has 1 unspecified atom stereocenters. The third kappa shape index (κ3) is 4.03.